The van der Waals surface area contributed by atoms with E-state index in [1.54, 1.807) is 0 Å². The van der Waals surface area contributed by atoms with Crippen molar-refractivity contribution in [3.63, 3.8) is 0 Å². The molecule has 0 bridgehead atoms. The fraction of sp³-hybridized carbons (Fsp3) is 0.364. The number of rotatable bonds is 5. The number of nitro groups is 1. The zero-order valence-corrected chi connectivity index (χ0v) is 8.92. The van der Waals surface area contributed by atoms with Gasteiger partial charge in [-0.2, -0.15) is 0 Å². The molecule has 1 rings (SSSR count). The summed E-state index contributed by atoms with van der Waals surface area (Å²) in [5, 5.41) is 19.4. The molecule has 0 aliphatic rings. The quantitative estimate of drug-likeness (QED) is 0.614. The maximum Gasteiger partial charge on any atom is 0.310 e. The lowest BCUT2D eigenvalue weighted by Crippen LogP contribution is -2.11. The Balaban J connectivity index is 2.94. The molecule has 0 amide bonds. The number of hydrogen-bond donors (Lipinski definition) is 1. The number of nitro benzene ring substituents is 1. The van der Waals surface area contributed by atoms with Gasteiger partial charge in [0, 0.05) is 12.1 Å². The van der Waals surface area contributed by atoms with Crippen LogP contribution in [-0.4, -0.2) is 16.0 Å². The zero-order valence-electron chi connectivity index (χ0n) is 8.92. The van der Waals surface area contributed by atoms with E-state index >= 15 is 0 Å². The van der Waals surface area contributed by atoms with Crippen LogP contribution in [0.5, 0.6) is 0 Å². The van der Waals surface area contributed by atoms with Gasteiger partial charge in [-0.05, 0) is 12.0 Å². The Kier molecular flexibility index (Phi) is 3.99. The minimum absolute atomic E-state index is 0.0237. The third-order valence-corrected chi connectivity index (χ3v) is 2.38. The Bertz CT molecular complexity index is 385. The van der Waals surface area contributed by atoms with Crippen LogP contribution in [0, 0.1) is 10.1 Å². The van der Waals surface area contributed by atoms with Crippen molar-refractivity contribution in [3.05, 3.63) is 39.9 Å². The van der Waals surface area contributed by atoms with Crippen LogP contribution in [0.2, 0.25) is 0 Å². The predicted molar refractivity (Wildman–Crippen MR) is 58.4 cm³/mol. The minimum atomic E-state index is -0.893. The summed E-state index contributed by atoms with van der Waals surface area (Å²) in [6, 6.07) is 5.68. The molecule has 86 valence electrons. The van der Waals surface area contributed by atoms with Gasteiger partial charge in [0.2, 0.25) is 0 Å². The molecule has 1 aromatic rings. The van der Waals surface area contributed by atoms with Gasteiger partial charge in [0.25, 0.3) is 5.69 Å². The van der Waals surface area contributed by atoms with E-state index < -0.39 is 16.8 Å². The SMILES string of the molecule is CCC[C@H](C(=O)O)c1ccc([N+](=O)[O-])cc1. The molecule has 0 heterocycles. The number of nitrogens with zero attached hydrogens (tertiary/aromatic N) is 1. The van der Waals surface area contributed by atoms with Gasteiger partial charge in [-0.25, -0.2) is 0 Å². The van der Waals surface area contributed by atoms with Crippen LogP contribution in [0.25, 0.3) is 0 Å². The van der Waals surface area contributed by atoms with E-state index in [0.717, 1.165) is 6.42 Å². The molecule has 0 unspecified atom stereocenters. The lowest BCUT2D eigenvalue weighted by Gasteiger charge is -2.10. The lowest BCUT2D eigenvalue weighted by molar-refractivity contribution is -0.384. The summed E-state index contributed by atoms with van der Waals surface area (Å²) < 4.78 is 0. The Morgan fingerprint density at radius 2 is 2.00 bits per heavy atom. The summed E-state index contributed by atoms with van der Waals surface area (Å²) in [6.07, 6.45) is 1.29. The van der Waals surface area contributed by atoms with E-state index in [4.69, 9.17) is 5.11 Å². The van der Waals surface area contributed by atoms with E-state index in [9.17, 15) is 14.9 Å². The van der Waals surface area contributed by atoms with Gasteiger partial charge in [-0.1, -0.05) is 25.5 Å². The molecule has 0 fully saturated rings. The number of carbonyl (C=O) groups is 1. The molecule has 5 nitrogen and oxygen atoms in total. The van der Waals surface area contributed by atoms with Crippen molar-refractivity contribution in [3.8, 4) is 0 Å². The number of non-ortho nitro benzene ring substituents is 1. The van der Waals surface area contributed by atoms with Gasteiger partial charge < -0.3 is 5.11 Å². The molecule has 0 aliphatic heterocycles. The van der Waals surface area contributed by atoms with Crippen LogP contribution < -0.4 is 0 Å². The fourth-order valence-corrected chi connectivity index (χ4v) is 1.55. The van der Waals surface area contributed by atoms with Crippen LogP contribution in [0.4, 0.5) is 5.69 Å². The average Bonchev–Trinajstić information content (AvgIpc) is 2.25. The minimum Gasteiger partial charge on any atom is -0.481 e. The molecular weight excluding hydrogens is 210 g/mol. The molecule has 0 saturated heterocycles. The number of benzene rings is 1. The molecule has 0 aromatic heterocycles. The first-order valence-corrected chi connectivity index (χ1v) is 5.03. The summed E-state index contributed by atoms with van der Waals surface area (Å²) in [5.41, 5.74) is 0.587. The molecular formula is C11H13NO4. The highest BCUT2D eigenvalue weighted by Crippen LogP contribution is 2.23. The molecule has 16 heavy (non-hydrogen) atoms. The Labute approximate surface area is 92.9 Å². The van der Waals surface area contributed by atoms with Gasteiger partial charge in [0.1, 0.15) is 0 Å². The number of aliphatic carboxylic acids is 1. The monoisotopic (exact) mass is 223 g/mol. The highest BCUT2D eigenvalue weighted by Gasteiger charge is 2.19. The van der Waals surface area contributed by atoms with Gasteiger partial charge >= 0.3 is 5.97 Å². The van der Waals surface area contributed by atoms with E-state index in [1.807, 2.05) is 6.92 Å². The lowest BCUT2D eigenvalue weighted by atomic mass is 9.94. The van der Waals surface area contributed by atoms with E-state index in [2.05, 4.69) is 0 Å². The third-order valence-electron chi connectivity index (χ3n) is 2.38. The van der Waals surface area contributed by atoms with Gasteiger partial charge in [-0.15, -0.1) is 0 Å². The Morgan fingerprint density at radius 3 is 2.38 bits per heavy atom. The van der Waals surface area contributed by atoms with Crippen molar-refractivity contribution in [2.75, 3.05) is 0 Å². The summed E-state index contributed by atoms with van der Waals surface area (Å²) in [5.74, 6) is -1.47. The first-order chi connectivity index (χ1) is 7.56. The van der Waals surface area contributed by atoms with E-state index in [1.165, 1.54) is 24.3 Å². The normalized spacial score (nSPS) is 12.1. The molecule has 1 atom stereocenters. The molecule has 1 N–H and O–H groups in total. The fourth-order valence-electron chi connectivity index (χ4n) is 1.55. The molecule has 1 aromatic carbocycles. The van der Waals surface area contributed by atoms with Crippen molar-refractivity contribution in [2.45, 2.75) is 25.7 Å². The van der Waals surface area contributed by atoms with Crippen molar-refractivity contribution in [1.82, 2.24) is 0 Å². The second-order valence-electron chi connectivity index (χ2n) is 3.53. The van der Waals surface area contributed by atoms with Crippen molar-refractivity contribution in [2.24, 2.45) is 0 Å². The predicted octanol–water partition coefficient (Wildman–Crippen LogP) is 2.56. The smallest absolute Gasteiger partial charge is 0.310 e. The number of carboxylic acid groups (broad SMARTS) is 1. The van der Waals surface area contributed by atoms with Gasteiger partial charge in [-0.3, -0.25) is 14.9 Å². The van der Waals surface area contributed by atoms with E-state index in [-0.39, 0.29) is 5.69 Å². The third kappa shape index (κ3) is 2.79. The van der Waals surface area contributed by atoms with Gasteiger partial charge in [0.15, 0.2) is 0 Å². The van der Waals surface area contributed by atoms with Crippen LogP contribution in [0.1, 0.15) is 31.2 Å². The first-order valence-electron chi connectivity index (χ1n) is 5.03. The molecule has 5 heteroatoms. The second kappa shape index (κ2) is 5.25. The topological polar surface area (TPSA) is 80.4 Å². The molecule has 0 radical (unpaired) electrons. The van der Waals surface area contributed by atoms with Crippen LogP contribution in [-0.2, 0) is 4.79 Å². The van der Waals surface area contributed by atoms with Crippen LogP contribution in [0.3, 0.4) is 0 Å². The van der Waals surface area contributed by atoms with Crippen molar-refractivity contribution in [1.29, 1.82) is 0 Å². The molecule has 0 spiro atoms. The summed E-state index contributed by atoms with van der Waals surface area (Å²) >= 11 is 0. The van der Waals surface area contributed by atoms with Crippen LogP contribution in [0.15, 0.2) is 24.3 Å². The Hall–Kier alpha value is -1.91. The first kappa shape index (κ1) is 12.2. The zero-order chi connectivity index (χ0) is 12.1. The summed E-state index contributed by atoms with van der Waals surface area (Å²) in [6.45, 7) is 1.90. The highest BCUT2D eigenvalue weighted by atomic mass is 16.6. The van der Waals surface area contributed by atoms with Crippen molar-refractivity contribution < 1.29 is 14.8 Å². The van der Waals surface area contributed by atoms with Gasteiger partial charge in [0.05, 0.1) is 10.8 Å². The standard InChI is InChI=1S/C11H13NO4/c1-2-3-10(11(13)14)8-4-6-9(7-5-8)12(15)16/h4-7,10H,2-3H2,1H3,(H,13,14)/t10-/m0/s1. The Morgan fingerprint density at radius 1 is 1.44 bits per heavy atom. The maximum absolute atomic E-state index is 11.0. The molecule has 0 saturated carbocycles. The molecule has 0 aliphatic carbocycles. The van der Waals surface area contributed by atoms with E-state index in [0.29, 0.717) is 12.0 Å². The number of hydrogen-bond acceptors (Lipinski definition) is 3. The van der Waals surface area contributed by atoms with Crippen LogP contribution >= 0.6 is 0 Å². The summed E-state index contributed by atoms with van der Waals surface area (Å²) in [7, 11) is 0. The largest absolute Gasteiger partial charge is 0.481 e. The maximum atomic E-state index is 11.0. The second-order valence-corrected chi connectivity index (χ2v) is 3.53. The highest BCUT2D eigenvalue weighted by molar-refractivity contribution is 5.76. The van der Waals surface area contributed by atoms with Crippen molar-refractivity contribution >= 4 is 11.7 Å². The summed E-state index contributed by atoms with van der Waals surface area (Å²) in [4.78, 5) is 20.9. The average molecular weight is 223 g/mol. The number of carboxylic acids is 1.